The van der Waals surface area contributed by atoms with E-state index in [0.29, 0.717) is 6.61 Å². The lowest BCUT2D eigenvalue weighted by molar-refractivity contribution is 0.271. The van der Waals surface area contributed by atoms with E-state index in [1.54, 1.807) is 7.11 Å². The van der Waals surface area contributed by atoms with Gasteiger partial charge in [0, 0.05) is 13.1 Å². The first-order valence-electron chi connectivity index (χ1n) is 10.3. The van der Waals surface area contributed by atoms with E-state index in [0.717, 1.165) is 54.5 Å². The molecular weight excluding hydrogens is 374 g/mol. The largest absolute Gasteiger partial charge is 0.495 e. The second kappa shape index (κ2) is 9.83. The third-order valence-electron chi connectivity index (χ3n) is 5.18. The summed E-state index contributed by atoms with van der Waals surface area (Å²) in [6.45, 7) is 4.18. The topological polar surface area (TPSA) is 37.3 Å². The zero-order valence-electron chi connectivity index (χ0n) is 17.3. The maximum Gasteiger partial charge on any atom is 0.142 e. The highest BCUT2D eigenvalue weighted by Gasteiger charge is 2.18. The minimum absolute atomic E-state index is 0.574. The molecule has 1 aliphatic heterocycles. The molecule has 0 aliphatic carbocycles. The number of anilines is 1. The van der Waals surface area contributed by atoms with Crippen molar-refractivity contribution in [3.05, 3.63) is 90.0 Å². The van der Waals surface area contributed by atoms with Crippen molar-refractivity contribution in [2.24, 2.45) is 5.10 Å². The maximum absolute atomic E-state index is 5.84. The van der Waals surface area contributed by atoms with Crippen LogP contribution in [0.25, 0.3) is 0 Å². The SMILES string of the molecule is COc1ccccc1N1CCN(/N=C\c2ccc(OCc3ccccc3)cc2)CC1. The van der Waals surface area contributed by atoms with Crippen LogP contribution in [0.15, 0.2) is 84.0 Å². The predicted molar refractivity (Wildman–Crippen MR) is 122 cm³/mol. The molecule has 30 heavy (non-hydrogen) atoms. The summed E-state index contributed by atoms with van der Waals surface area (Å²) in [6, 6.07) is 26.4. The zero-order chi connectivity index (χ0) is 20.6. The molecule has 0 unspecified atom stereocenters. The van der Waals surface area contributed by atoms with E-state index in [2.05, 4.69) is 39.3 Å². The second-order valence-corrected chi connectivity index (χ2v) is 7.20. The number of hydrogen-bond donors (Lipinski definition) is 0. The van der Waals surface area contributed by atoms with Crippen molar-refractivity contribution in [1.82, 2.24) is 5.01 Å². The van der Waals surface area contributed by atoms with Gasteiger partial charge in [-0.2, -0.15) is 5.10 Å². The first kappa shape index (κ1) is 19.8. The first-order valence-corrected chi connectivity index (χ1v) is 10.3. The Hall–Kier alpha value is -3.47. The van der Waals surface area contributed by atoms with Crippen LogP contribution in [0.5, 0.6) is 11.5 Å². The molecule has 0 N–H and O–H groups in total. The lowest BCUT2D eigenvalue weighted by Crippen LogP contribution is -2.44. The van der Waals surface area contributed by atoms with Crippen LogP contribution in [0.1, 0.15) is 11.1 Å². The maximum atomic E-state index is 5.84. The van der Waals surface area contributed by atoms with Gasteiger partial charge in [0.2, 0.25) is 0 Å². The van der Waals surface area contributed by atoms with E-state index in [1.165, 1.54) is 0 Å². The van der Waals surface area contributed by atoms with Gasteiger partial charge in [-0.05, 0) is 47.5 Å². The molecule has 154 valence electrons. The van der Waals surface area contributed by atoms with Gasteiger partial charge in [0.05, 0.1) is 32.1 Å². The van der Waals surface area contributed by atoms with Crippen molar-refractivity contribution in [2.75, 3.05) is 38.2 Å². The monoisotopic (exact) mass is 401 g/mol. The summed E-state index contributed by atoms with van der Waals surface area (Å²) in [7, 11) is 1.72. The van der Waals surface area contributed by atoms with Gasteiger partial charge in [-0.1, -0.05) is 42.5 Å². The van der Waals surface area contributed by atoms with E-state index in [4.69, 9.17) is 9.47 Å². The van der Waals surface area contributed by atoms with Crippen molar-refractivity contribution < 1.29 is 9.47 Å². The van der Waals surface area contributed by atoms with Crippen LogP contribution in [-0.4, -0.2) is 44.5 Å². The number of hydrazone groups is 1. The van der Waals surface area contributed by atoms with Crippen LogP contribution in [0.2, 0.25) is 0 Å². The van der Waals surface area contributed by atoms with Gasteiger partial charge in [-0.15, -0.1) is 0 Å². The third-order valence-corrected chi connectivity index (χ3v) is 5.18. The molecule has 1 saturated heterocycles. The molecule has 1 aliphatic rings. The van der Waals surface area contributed by atoms with Gasteiger partial charge >= 0.3 is 0 Å². The van der Waals surface area contributed by atoms with Crippen molar-refractivity contribution >= 4 is 11.9 Å². The van der Waals surface area contributed by atoms with Crippen molar-refractivity contribution in [3.8, 4) is 11.5 Å². The summed E-state index contributed by atoms with van der Waals surface area (Å²) in [4.78, 5) is 2.35. The molecule has 0 amide bonds. The Kier molecular flexibility index (Phi) is 6.50. The van der Waals surface area contributed by atoms with Crippen LogP contribution in [0, 0.1) is 0 Å². The average molecular weight is 402 g/mol. The average Bonchev–Trinajstić information content (AvgIpc) is 2.83. The number of hydrogen-bond acceptors (Lipinski definition) is 5. The minimum Gasteiger partial charge on any atom is -0.495 e. The zero-order valence-corrected chi connectivity index (χ0v) is 17.3. The summed E-state index contributed by atoms with van der Waals surface area (Å²) in [5.74, 6) is 1.78. The summed E-state index contributed by atoms with van der Waals surface area (Å²) < 4.78 is 11.3. The second-order valence-electron chi connectivity index (χ2n) is 7.20. The molecule has 0 aromatic heterocycles. The molecular formula is C25H27N3O2. The molecule has 1 fully saturated rings. The van der Waals surface area contributed by atoms with Gasteiger partial charge in [-0.25, -0.2) is 0 Å². The Morgan fingerprint density at radius 1 is 0.833 bits per heavy atom. The number of rotatable bonds is 7. The van der Waals surface area contributed by atoms with E-state index in [1.807, 2.05) is 60.8 Å². The van der Waals surface area contributed by atoms with Crippen molar-refractivity contribution in [3.63, 3.8) is 0 Å². The Balaban J connectivity index is 1.27. The fourth-order valence-electron chi connectivity index (χ4n) is 3.48. The lowest BCUT2D eigenvalue weighted by atomic mass is 10.2. The van der Waals surface area contributed by atoms with Crippen LogP contribution in [0.3, 0.4) is 0 Å². The fourth-order valence-corrected chi connectivity index (χ4v) is 3.48. The number of para-hydroxylation sites is 2. The van der Waals surface area contributed by atoms with E-state index in [9.17, 15) is 0 Å². The highest BCUT2D eigenvalue weighted by Crippen LogP contribution is 2.28. The van der Waals surface area contributed by atoms with Crippen molar-refractivity contribution in [2.45, 2.75) is 6.61 Å². The normalized spacial score (nSPS) is 14.2. The van der Waals surface area contributed by atoms with Crippen LogP contribution in [-0.2, 0) is 6.61 Å². The Labute approximate surface area is 178 Å². The number of ether oxygens (including phenoxy) is 2. The number of nitrogens with zero attached hydrogens (tertiary/aromatic N) is 3. The van der Waals surface area contributed by atoms with Gasteiger partial charge in [0.1, 0.15) is 18.1 Å². The predicted octanol–water partition coefficient (Wildman–Crippen LogP) is 4.43. The molecule has 5 nitrogen and oxygen atoms in total. The first-order chi connectivity index (χ1) is 14.8. The quantitative estimate of drug-likeness (QED) is 0.549. The molecule has 3 aromatic carbocycles. The minimum atomic E-state index is 0.574. The lowest BCUT2D eigenvalue weighted by Gasteiger charge is -2.35. The molecule has 0 bridgehead atoms. The van der Waals surface area contributed by atoms with E-state index < -0.39 is 0 Å². The molecule has 0 saturated carbocycles. The molecule has 1 heterocycles. The molecule has 0 atom stereocenters. The molecule has 5 heteroatoms. The summed E-state index contributed by atoms with van der Waals surface area (Å²) in [5.41, 5.74) is 3.37. The van der Waals surface area contributed by atoms with Gasteiger partial charge in [-0.3, -0.25) is 5.01 Å². The fraction of sp³-hybridized carbons (Fsp3) is 0.240. The molecule has 0 radical (unpaired) electrons. The highest BCUT2D eigenvalue weighted by molar-refractivity contribution is 5.79. The van der Waals surface area contributed by atoms with Crippen LogP contribution in [0.4, 0.5) is 5.69 Å². The smallest absolute Gasteiger partial charge is 0.142 e. The number of benzene rings is 3. The van der Waals surface area contributed by atoms with E-state index >= 15 is 0 Å². The van der Waals surface area contributed by atoms with Gasteiger partial charge in [0.25, 0.3) is 0 Å². The van der Waals surface area contributed by atoms with Crippen LogP contribution < -0.4 is 14.4 Å². The molecule has 0 spiro atoms. The Bertz CT molecular complexity index is 950. The molecule has 4 rings (SSSR count). The Morgan fingerprint density at radius 3 is 2.27 bits per heavy atom. The van der Waals surface area contributed by atoms with Crippen molar-refractivity contribution in [1.29, 1.82) is 0 Å². The van der Waals surface area contributed by atoms with Crippen LogP contribution >= 0.6 is 0 Å². The highest BCUT2D eigenvalue weighted by atomic mass is 16.5. The summed E-state index contributed by atoms with van der Waals surface area (Å²) in [5, 5.41) is 6.77. The summed E-state index contributed by atoms with van der Waals surface area (Å²) >= 11 is 0. The van der Waals surface area contributed by atoms with E-state index in [-0.39, 0.29) is 0 Å². The standard InChI is InChI=1S/C25H27N3O2/c1-29-25-10-6-5-9-24(25)27-15-17-28(18-16-27)26-19-21-11-13-23(14-12-21)30-20-22-7-3-2-4-8-22/h2-14,19H,15-18,20H2,1H3/b26-19-. The Morgan fingerprint density at radius 2 is 1.53 bits per heavy atom. The number of methoxy groups -OCH3 is 1. The van der Waals surface area contributed by atoms with Gasteiger partial charge in [0.15, 0.2) is 0 Å². The summed E-state index contributed by atoms with van der Waals surface area (Å²) in [6.07, 6.45) is 1.92. The third kappa shape index (κ3) is 5.11. The number of piperazine rings is 1. The molecule has 3 aromatic rings. The van der Waals surface area contributed by atoms with Gasteiger partial charge < -0.3 is 14.4 Å².